The van der Waals surface area contributed by atoms with Crippen LogP contribution in [0.1, 0.15) is 20.8 Å². The Balaban J connectivity index is 3.50. The average molecular weight is 114 g/mol. The Morgan fingerprint density at radius 2 is 1.88 bits per heavy atom. The molecule has 46 valence electrons. The number of hydrogen-bond donors (Lipinski definition) is 0. The summed E-state index contributed by atoms with van der Waals surface area (Å²) < 4.78 is 4.96. The van der Waals surface area contributed by atoms with Crippen molar-refractivity contribution in [2.45, 2.75) is 26.4 Å². The number of rotatable bonds is 0. The van der Waals surface area contributed by atoms with Crippen LogP contribution in [0.2, 0.25) is 0 Å². The van der Waals surface area contributed by atoms with Crippen LogP contribution in [0.4, 0.5) is 0 Å². The number of nitrogens with zero attached hydrogens (tertiary/aromatic N) is 1. The van der Waals surface area contributed by atoms with E-state index in [4.69, 9.17) is 4.74 Å². The van der Waals surface area contributed by atoms with Gasteiger partial charge in [0.05, 0.1) is 0 Å². The highest BCUT2D eigenvalue weighted by molar-refractivity contribution is 4.74. The highest BCUT2D eigenvalue weighted by Gasteiger charge is 2.10. The third kappa shape index (κ3) is 5.29. The van der Waals surface area contributed by atoms with Crippen molar-refractivity contribution in [1.82, 2.24) is 0 Å². The summed E-state index contributed by atoms with van der Waals surface area (Å²) in [5, 5.41) is 0. The molecule has 0 N–H and O–H groups in total. The van der Waals surface area contributed by atoms with Crippen LogP contribution >= 0.6 is 0 Å². The zero-order valence-corrected chi connectivity index (χ0v) is 5.86. The lowest BCUT2D eigenvalue weighted by molar-refractivity contribution is 0.0956. The Morgan fingerprint density at radius 1 is 1.38 bits per heavy atom. The van der Waals surface area contributed by atoms with Gasteiger partial charge in [0.2, 0.25) is 0 Å². The van der Waals surface area contributed by atoms with Crippen LogP contribution in [0.3, 0.4) is 0 Å². The van der Waals surface area contributed by atoms with Crippen molar-refractivity contribution < 1.29 is 4.74 Å². The molecule has 2 nitrogen and oxygen atoms in total. The van der Waals surface area contributed by atoms with E-state index in [1.165, 1.54) is 0 Å². The van der Waals surface area contributed by atoms with E-state index in [-0.39, 0.29) is 5.60 Å². The van der Waals surface area contributed by atoms with E-state index in [0.717, 1.165) is 0 Å². The summed E-state index contributed by atoms with van der Waals surface area (Å²) in [6.07, 6.45) is 2.41. The molecule has 0 spiro atoms. The molecule has 0 saturated carbocycles. The van der Waals surface area contributed by atoms with Crippen LogP contribution in [0.15, 0.2) is 0 Å². The number of hydrogen-bond acceptors (Lipinski definition) is 1. The molecule has 0 unspecified atom stereocenters. The van der Waals surface area contributed by atoms with E-state index in [9.17, 15) is 0 Å². The van der Waals surface area contributed by atoms with Crippen molar-refractivity contribution in [3.05, 3.63) is 4.85 Å². The first kappa shape index (κ1) is 7.29. The second-order valence-corrected chi connectivity index (χ2v) is 2.53. The van der Waals surface area contributed by atoms with Crippen molar-refractivity contribution in [1.29, 1.82) is 0 Å². The normalized spacial score (nSPS) is 9.50. The fourth-order valence-electron chi connectivity index (χ4n) is 0.183. The van der Waals surface area contributed by atoms with Crippen LogP contribution in [0, 0.1) is 6.26 Å². The van der Waals surface area contributed by atoms with Gasteiger partial charge in [-0.2, -0.15) is 0 Å². The van der Waals surface area contributed by atoms with Gasteiger partial charge in [0.1, 0.15) is 5.60 Å². The molecule has 8 heavy (non-hydrogen) atoms. The van der Waals surface area contributed by atoms with Crippen molar-refractivity contribution in [3.63, 3.8) is 0 Å². The fraction of sp³-hybridized carbons (Fsp3) is 0.833. The smallest absolute Gasteiger partial charge is 0.387 e. The van der Waals surface area contributed by atoms with E-state index in [1.807, 2.05) is 20.8 Å². The van der Waals surface area contributed by atoms with Crippen LogP contribution in [-0.2, 0) is 4.74 Å². The Kier molecular flexibility index (Phi) is 2.33. The van der Waals surface area contributed by atoms with Crippen LogP contribution in [-0.4, -0.2) is 12.6 Å². The molecular weight excluding hydrogens is 102 g/mol. The molecule has 0 aliphatic rings. The third-order valence-electron chi connectivity index (χ3n) is 0.443. The molecule has 0 heterocycles. The topological polar surface area (TPSA) is 13.6 Å². The van der Waals surface area contributed by atoms with Gasteiger partial charge in [-0.25, -0.2) is 0 Å². The minimum atomic E-state index is -0.153. The maximum atomic E-state index is 4.96. The van der Waals surface area contributed by atoms with E-state index in [1.54, 1.807) is 7.05 Å². The SMILES string of the molecule is C[N+]#COC(C)(C)C. The van der Waals surface area contributed by atoms with Gasteiger partial charge in [-0.1, -0.05) is 0 Å². The molecule has 2 heteroatoms. The lowest BCUT2D eigenvalue weighted by atomic mass is 10.2. The molecule has 0 aliphatic carbocycles. The molecule has 0 aliphatic heterocycles. The highest BCUT2D eigenvalue weighted by atomic mass is 16.5. The Labute approximate surface area is 50.3 Å². The predicted octanol–water partition coefficient (Wildman–Crippen LogP) is 1.72. The van der Waals surface area contributed by atoms with Gasteiger partial charge in [0.15, 0.2) is 0 Å². The second kappa shape index (κ2) is 2.56. The molecule has 0 rings (SSSR count). The molecule has 0 aromatic carbocycles. The maximum absolute atomic E-state index is 4.96. The molecule has 0 bridgehead atoms. The monoisotopic (exact) mass is 114 g/mol. The summed E-state index contributed by atoms with van der Waals surface area (Å²) in [6.45, 7) is 5.85. The maximum Gasteiger partial charge on any atom is 0.514 e. The largest absolute Gasteiger partial charge is 0.514 e. The Hall–Kier alpha value is -0.710. The van der Waals surface area contributed by atoms with Gasteiger partial charge in [0, 0.05) is 0 Å². The van der Waals surface area contributed by atoms with Gasteiger partial charge in [-0.3, -0.25) is 0 Å². The van der Waals surface area contributed by atoms with Gasteiger partial charge in [-0.15, -0.1) is 0 Å². The summed E-state index contributed by atoms with van der Waals surface area (Å²) in [4.78, 5) is 3.55. The zero-order valence-electron chi connectivity index (χ0n) is 5.86. The average Bonchev–Trinajstić information content (AvgIpc) is 1.59. The minimum absolute atomic E-state index is 0.153. The fourth-order valence-corrected chi connectivity index (χ4v) is 0.183. The van der Waals surface area contributed by atoms with E-state index in [2.05, 4.69) is 11.1 Å². The quantitative estimate of drug-likeness (QED) is 0.437. The summed E-state index contributed by atoms with van der Waals surface area (Å²) >= 11 is 0. The standard InChI is InChI=1S/C6H12NO/c1-6(2,3)8-5-7-4/h1-4H3/q+1. The zero-order chi connectivity index (χ0) is 6.62. The molecule has 0 aromatic heterocycles. The molecule has 0 aromatic rings. The summed E-state index contributed by atoms with van der Waals surface area (Å²) in [5.41, 5.74) is -0.153. The predicted molar refractivity (Wildman–Crippen MR) is 34.0 cm³/mol. The van der Waals surface area contributed by atoms with Gasteiger partial charge in [-0.05, 0) is 25.6 Å². The van der Waals surface area contributed by atoms with Crippen molar-refractivity contribution in [2.75, 3.05) is 7.05 Å². The highest BCUT2D eigenvalue weighted by Crippen LogP contribution is 2.04. The summed E-state index contributed by atoms with van der Waals surface area (Å²) in [7, 11) is 1.63. The van der Waals surface area contributed by atoms with Crippen LogP contribution < -0.4 is 0 Å². The van der Waals surface area contributed by atoms with Crippen molar-refractivity contribution in [3.8, 4) is 6.26 Å². The Morgan fingerprint density at radius 3 is 2.00 bits per heavy atom. The lowest BCUT2D eigenvalue weighted by Crippen LogP contribution is -2.15. The molecule has 0 amide bonds. The first-order valence-corrected chi connectivity index (χ1v) is 2.58. The first-order chi connectivity index (χ1) is 3.56. The summed E-state index contributed by atoms with van der Waals surface area (Å²) in [5.74, 6) is 0. The molecule has 0 fully saturated rings. The van der Waals surface area contributed by atoms with Gasteiger partial charge >= 0.3 is 6.26 Å². The van der Waals surface area contributed by atoms with Gasteiger partial charge < -0.3 is 4.74 Å². The third-order valence-corrected chi connectivity index (χ3v) is 0.443. The number of ether oxygens (including phenoxy) is 1. The van der Waals surface area contributed by atoms with E-state index in [0.29, 0.717) is 0 Å². The van der Waals surface area contributed by atoms with E-state index >= 15 is 0 Å². The van der Waals surface area contributed by atoms with Crippen molar-refractivity contribution in [2.24, 2.45) is 0 Å². The second-order valence-electron chi connectivity index (χ2n) is 2.53. The Bertz CT molecular complexity index is 113. The molecule has 0 radical (unpaired) electrons. The van der Waals surface area contributed by atoms with Crippen molar-refractivity contribution >= 4 is 0 Å². The minimum Gasteiger partial charge on any atom is -0.387 e. The molecule has 0 saturated heterocycles. The molecule has 0 atom stereocenters. The van der Waals surface area contributed by atoms with Crippen LogP contribution in [0.25, 0.3) is 4.85 Å². The van der Waals surface area contributed by atoms with E-state index < -0.39 is 0 Å². The molecular formula is C6H12NO+. The first-order valence-electron chi connectivity index (χ1n) is 2.58. The van der Waals surface area contributed by atoms with Crippen LogP contribution in [0.5, 0.6) is 0 Å². The van der Waals surface area contributed by atoms with Gasteiger partial charge in [0.25, 0.3) is 7.05 Å². The summed E-state index contributed by atoms with van der Waals surface area (Å²) in [6, 6.07) is 0. The lowest BCUT2D eigenvalue weighted by Gasteiger charge is -2.10.